The van der Waals surface area contributed by atoms with Gasteiger partial charge in [0, 0.05) is 4.91 Å². The minimum Gasteiger partial charge on any atom is -0.443 e. The molecule has 18 heavy (non-hydrogen) atoms. The highest BCUT2D eigenvalue weighted by Crippen LogP contribution is 2.37. The van der Waals surface area contributed by atoms with E-state index in [1.54, 1.807) is 6.20 Å². The van der Waals surface area contributed by atoms with Gasteiger partial charge in [-0.25, -0.2) is 4.98 Å². The van der Waals surface area contributed by atoms with Crippen molar-refractivity contribution in [2.24, 2.45) is 5.11 Å². The monoisotopic (exact) mass is 268 g/mol. The Balaban J connectivity index is 2.59. The van der Waals surface area contributed by atoms with Crippen molar-refractivity contribution >= 4 is 8.32 Å². The van der Waals surface area contributed by atoms with Crippen molar-refractivity contribution in [3.63, 3.8) is 0 Å². The van der Waals surface area contributed by atoms with Crippen molar-refractivity contribution in [1.82, 2.24) is 4.98 Å². The maximum absolute atomic E-state index is 8.20. The molecular formula is C11H20N4O2Si. The van der Waals surface area contributed by atoms with Gasteiger partial charge >= 0.3 is 0 Å². The van der Waals surface area contributed by atoms with E-state index in [1.165, 1.54) is 0 Å². The lowest BCUT2D eigenvalue weighted by atomic mass is 10.2. The number of rotatable bonds is 5. The third kappa shape index (κ3) is 3.87. The average molecular weight is 268 g/mol. The van der Waals surface area contributed by atoms with Gasteiger partial charge in [0.05, 0.1) is 12.8 Å². The molecule has 1 heterocycles. The summed E-state index contributed by atoms with van der Waals surface area (Å²) in [5.41, 5.74) is 8.20. The molecule has 0 amide bonds. The standard InChI is InChI=1S/C11H20N4O2Si/c1-11(2,3)18(4,5)16-8-9-6-13-10(17-9)7-14-15-12/h6H,7-8H2,1-5H3. The van der Waals surface area contributed by atoms with Crippen LogP contribution in [0.15, 0.2) is 15.7 Å². The Morgan fingerprint density at radius 2 is 2.17 bits per heavy atom. The molecule has 0 bridgehead atoms. The summed E-state index contributed by atoms with van der Waals surface area (Å²) >= 11 is 0. The second-order valence-electron chi connectivity index (χ2n) is 5.66. The average Bonchev–Trinajstić information content (AvgIpc) is 2.70. The number of aromatic nitrogens is 1. The molecule has 0 N–H and O–H groups in total. The number of nitrogens with zero attached hydrogens (tertiary/aromatic N) is 4. The van der Waals surface area contributed by atoms with E-state index in [-0.39, 0.29) is 11.6 Å². The first-order chi connectivity index (χ1) is 8.26. The zero-order valence-electron chi connectivity index (χ0n) is 11.6. The molecule has 7 heteroatoms. The maximum atomic E-state index is 8.20. The molecule has 100 valence electrons. The molecule has 1 rings (SSSR count). The van der Waals surface area contributed by atoms with E-state index in [2.05, 4.69) is 48.9 Å². The van der Waals surface area contributed by atoms with Crippen LogP contribution in [0.1, 0.15) is 32.4 Å². The molecule has 0 fully saturated rings. The fourth-order valence-corrected chi connectivity index (χ4v) is 1.98. The number of hydrogen-bond acceptors (Lipinski definition) is 4. The molecule has 1 aromatic heterocycles. The summed E-state index contributed by atoms with van der Waals surface area (Å²) in [6.07, 6.45) is 1.62. The Morgan fingerprint density at radius 3 is 2.72 bits per heavy atom. The zero-order valence-corrected chi connectivity index (χ0v) is 12.6. The van der Waals surface area contributed by atoms with E-state index in [9.17, 15) is 0 Å². The van der Waals surface area contributed by atoms with Crippen LogP contribution < -0.4 is 0 Å². The maximum Gasteiger partial charge on any atom is 0.200 e. The smallest absolute Gasteiger partial charge is 0.200 e. The predicted molar refractivity (Wildman–Crippen MR) is 71.3 cm³/mol. The fraction of sp³-hybridized carbons (Fsp3) is 0.727. The van der Waals surface area contributed by atoms with Crippen LogP contribution >= 0.6 is 0 Å². The second kappa shape index (κ2) is 5.56. The second-order valence-corrected chi connectivity index (χ2v) is 10.5. The zero-order chi connectivity index (χ0) is 13.8. The quantitative estimate of drug-likeness (QED) is 0.350. The summed E-state index contributed by atoms with van der Waals surface area (Å²) in [5, 5.41) is 3.56. The summed E-state index contributed by atoms with van der Waals surface area (Å²) < 4.78 is 11.4. The van der Waals surface area contributed by atoms with Crippen molar-refractivity contribution in [3.05, 3.63) is 28.3 Å². The largest absolute Gasteiger partial charge is 0.443 e. The predicted octanol–water partition coefficient (Wildman–Crippen LogP) is 4.01. The normalized spacial score (nSPS) is 12.3. The van der Waals surface area contributed by atoms with Gasteiger partial charge in [-0.15, -0.1) is 0 Å². The molecule has 0 unspecified atom stereocenters. The van der Waals surface area contributed by atoms with E-state index in [1.807, 2.05) is 0 Å². The molecule has 0 radical (unpaired) electrons. The SMILES string of the molecule is CC(C)(C)[Si](C)(C)OCc1cnc(CN=[N+]=[N-])o1. The molecular weight excluding hydrogens is 248 g/mol. The van der Waals surface area contributed by atoms with Crippen LogP contribution in [-0.2, 0) is 17.6 Å². The summed E-state index contributed by atoms with van der Waals surface area (Å²) in [5.74, 6) is 1.09. The van der Waals surface area contributed by atoms with E-state index in [4.69, 9.17) is 14.4 Å². The molecule has 0 atom stereocenters. The van der Waals surface area contributed by atoms with Gasteiger partial charge in [0.1, 0.15) is 12.3 Å². The highest BCUT2D eigenvalue weighted by atomic mass is 28.4. The van der Waals surface area contributed by atoms with Crippen molar-refractivity contribution < 1.29 is 8.84 Å². The van der Waals surface area contributed by atoms with Crippen LogP contribution in [-0.4, -0.2) is 13.3 Å². The first-order valence-electron chi connectivity index (χ1n) is 5.84. The highest BCUT2D eigenvalue weighted by Gasteiger charge is 2.37. The van der Waals surface area contributed by atoms with Gasteiger partial charge in [-0.3, -0.25) is 0 Å². The lowest BCUT2D eigenvalue weighted by molar-refractivity contribution is 0.243. The van der Waals surface area contributed by atoms with Crippen LogP contribution in [0.4, 0.5) is 0 Å². The first kappa shape index (κ1) is 14.8. The Bertz CT molecular complexity index is 444. The van der Waals surface area contributed by atoms with Crippen molar-refractivity contribution in [2.45, 2.75) is 52.1 Å². The summed E-state index contributed by atoms with van der Waals surface area (Å²) in [6.45, 7) is 11.5. The molecule has 0 saturated heterocycles. The third-order valence-electron chi connectivity index (χ3n) is 3.25. The fourth-order valence-electron chi connectivity index (χ4n) is 1.05. The van der Waals surface area contributed by atoms with Gasteiger partial charge in [-0.05, 0) is 23.7 Å². The Hall–Kier alpha value is -1.30. The van der Waals surface area contributed by atoms with Gasteiger partial charge in [0.25, 0.3) is 0 Å². The molecule has 0 aliphatic heterocycles. The number of azide groups is 1. The van der Waals surface area contributed by atoms with E-state index in [0.29, 0.717) is 18.3 Å². The van der Waals surface area contributed by atoms with Gasteiger partial charge in [-0.2, -0.15) is 0 Å². The van der Waals surface area contributed by atoms with Gasteiger partial charge in [0.15, 0.2) is 14.2 Å². The van der Waals surface area contributed by atoms with Crippen LogP contribution in [0.3, 0.4) is 0 Å². The molecule has 0 aromatic carbocycles. The van der Waals surface area contributed by atoms with Crippen LogP contribution in [0.5, 0.6) is 0 Å². The van der Waals surface area contributed by atoms with Crippen molar-refractivity contribution in [1.29, 1.82) is 0 Å². The molecule has 0 aliphatic carbocycles. The van der Waals surface area contributed by atoms with Crippen LogP contribution in [0.2, 0.25) is 18.1 Å². The Labute approximate surface area is 108 Å². The van der Waals surface area contributed by atoms with Crippen LogP contribution in [0.25, 0.3) is 10.4 Å². The van der Waals surface area contributed by atoms with Gasteiger partial charge in [0.2, 0.25) is 0 Å². The minimum absolute atomic E-state index is 0.136. The lowest BCUT2D eigenvalue weighted by Crippen LogP contribution is -2.40. The van der Waals surface area contributed by atoms with Gasteiger partial charge in [-0.1, -0.05) is 25.9 Å². The summed E-state index contributed by atoms with van der Waals surface area (Å²) in [7, 11) is -1.77. The van der Waals surface area contributed by atoms with Gasteiger partial charge < -0.3 is 8.84 Å². The highest BCUT2D eigenvalue weighted by molar-refractivity contribution is 6.74. The van der Waals surface area contributed by atoms with E-state index in [0.717, 1.165) is 0 Å². The Kier molecular flexibility index (Phi) is 4.56. The van der Waals surface area contributed by atoms with Crippen LogP contribution in [0, 0.1) is 0 Å². The van der Waals surface area contributed by atoms with Crippen molar-refractivity contribution in [2.75, 3.05) is 0 Å². The first-order valence-corrected chi connectivity index (χ1v) is 8.75. The summed E-state index contributed by atoms with van der Waals surface area (Å²) in [6, 6.07) is 0. The van der Waals surface area contributed by atoms with E-state index >= 15 is 0 Å². The van der Waals surface area contributed by atoms with Crippen molar-refractivity contribution in [3.8, 4) is 0 Å². The summed E-state index contributed by atoms with van der Waals surface area (Å²) in [4.78, 5) is 6.68. The molecule has 0 spiro atoms. The van der Waals surface area contributed by atoms with E-state index < -0.39 is 8.32 Å². The molecule has 0 aliphatic rings. The Morgan fingerprint density at radius 1 is 1.50 bits per heavy atom. The molecule has 0 saturated carbocycles. The minimum atomic E-state index is -1.77. The lowest BCUT2D eigenvalue weighted by Gasteiger charge is -2.35. The molecule has 1 aromatic rings. The topological polar surface area (TPSA) is 84.0 Å². The number of hydrogen-bond donors (Lipinski definition) is 0. The molecule has 6 nitrogen and oxygen atoms in total. The third-order valence-corrected chi connectivity index (χ3v) is 7.73. The number of oxazole rings is 1.